The average Bonchev–Trinajstić information content (AvgIpc) is 2.91. The van der Waals surface area contributed by atoms with Gasteiger partial charge in [0.15, 0.2) is 0 Å². The minimum absolute atomic E-state index is 0.00867. The molecule has 0 amide bonds. The first-order chi connectivity index (χ1) is 14.2. The van der Waals surface area contributed by atoms with Crippen molar-refractivity contribution in [3.05, 3.63) is 11.8 Å². The second-order valence-corrected chi connectivity index (χ2v) is 13.0. The second-order valence-electron chi connectivity index (χ2n) is 11.4. The van der Waals surface area contributed by atoms with E-state index in [1.165, 1.54) is 19.3 Å². The molecular weight excluding hydrogens is 427 g/mol. The molecule has 0 aromatic rings. The zero-order valence-corrected chi connectivity index (χ0v) is 20.1. The normalized spacial score (nSPS) is 45.5. The van der Waals surface area contributed by atoms with Crippen molar-refractivity contribution >= 4 is 10.1 Å². The Morgan fingerprint density at radius 1 is 1.03 bits per heavy atom. The summed E-state index contributed by atoms with van der Waals surface area (Å²) in [4.78, 5) is 2.34. The second kappa shape index (κ2) is 7.12. The van der Waals surface area contributed by atoms with Crippen LogP contribution in [0.15, 0.2) is 11.8 Å². The monoisotopic (exact) mass is 463 g/mol. The molecular formula is C23H36F3NO3S. The van der Waals surface area contributed by atoms with Crippen LogP contribution in [0, 0.1) is 34.0 Å². The molecule has 3 fully saturated rings. The Labute approximate surface area is 184 Å². The van der Waals surface area contributed by atoms with Gasteiger partial charge in [-0.2, -0.15) is 21.6 Å². The van der Waals surface area contributed by atoms with Gasteiger partial charge in [0.05, 0.1) is 0 Å². The van der Waals surface area contributed by atoms with Gasteiger partial charge >= 0.3 is 15.6 Å². The third-order valence-corrected chi connectivity index (χ3v) is 11.1. The molecule has 0 N–H and O–H groups in total. The summed E-state index contributed by atoms with van der Waals surface area (Å²) in [6.45, 7) is 6.53. The molecule has 0 aromatic heterocycles. The van der Waals surface area contributed by atoms with Crippen LogP contribution in [0.1, 0.15) is 72.1 Å². The van der Waals surface area contributed by atoms with Crippen molar-refractivity contribution in [2.24, 2.45) is 34.0 Å². The van der Waals surface area contributed by atoms with Crippen LogP contribution in [-0.4, -0.2) is 39.0 Å². The Hall–Kier alpha value is -0.760. The van der Waals surface area contributed by atoms with Crippen molar-refractivity contribution in [1.82, 2.24) is 4.90 Å². The van der Waals surface area contributed by atoms with E-state index in [0.717, 1.165) is 19.3 Å². The summed E-state index contributed by atoms with van der Waals surface area (Å²) in [5, 5.41) is 0. The molecule has 0 aromatic carbocycles. The fraction of sp³-hybridized carbons (Fsp3) is 0.913. The molecule has 4 rings (SSSR count). The van der Waals surface area contributed by atoms with Crippen LogP contribution in [0.2, 0.25) is 0 Å². The molecule has 0 radical (unpaired) electrons. The van der Waals surface area contributed by atoms with E-state index in [-0.39, 0.29) is 16.6 Å². The number of alkyl halides is 3. The van der Waals surface area contributed by atoms with Gasteiger partial charge in [-0.05, 0) is 100 Å². The molecule has 4 aliphatic rings. The maximum atomic E-state index is 13.0. The van der Waals surface area contributed by atoms with Gasteiger partial charge in [0.25, 0.3) is 0 Å². The number of rotatable bonds is 3. The quantitative estimate of drug-likeness (QED) is 0.397. The summed E-state index contributed by atoms with van der Waals surface area (Å²) < 4.78 is 67.2. The lowest BCUT2D eigenvalue weighted by atomic mass is 9.41. The maximum Gasteiger partial charge on any atom is 0.534 e. The van der Waals surface area contributed by atoms with E-state index in [0.29, 0.717) is 36.6 Å². The Bertz CT molecular complexity index is 870. The van der Waals surface area contributed by atoms with Crippen molar-refractivity contribution in [3.8, 4) is 0 Å². The molecule has 31 heavy (non-hydrogen) atoms. The predicted molar refractivity (Wildman–Crippen MR) is 113 cm³/mol. The molecule has 2 unspecified atom stereocenters. The lowest BCUT2D eigenvalue weighted by Gasteiger charge is -2.64. The standard InChI is InChI=1S/C23H36F3NO3S/c1-20-11-8-16(27(4)5)14-15(20)6-7-18-17(20)9-12-22(3)19(10-13-21(18,22)2)30-31(28,29)23(24,25)26/h10,15-18H,6-9,11-14H2,1-5H3/t15?,16-,17?,18+,20-,21-,22+/m0/s1. The molecule has 0 heterocycles. The van der Waals surface area contributed by atoms with Crippen LogP contribution in [0.25, 0.3) is 0 Å². The Morgan fingerprint density at radius 2 is 1.71 bits per heavy atom. The van der Waals surface area contributed by atoms with Crippen LogP contribution >= 0.6 is 0 Å². The van der Waals surface area contributed by atoms with E-state index >= 15 is 0 Å². The number of hydrogen-bond acceptors (Lipinski definition) is 4. The SMILES string of the molecule is CN(C)[C@H]1CC[C@@]2(C)C(CC[C@@H]3C2CC[C@]2(C)C(OS(=O)(=O)C(F)(F)F)=CC[C@@]32C)C1. The van der Waals surface area contributed by atoms with Crippen molar-refractivity contribution in [3.63, 3.8) is 0 Å². The summed E-state index contributed by atoms with van der Waals surface area (Å²) >= 11 is 0. The number of allylic oxidation sites excluding steroid dienone is 2. The number of fused-ring (bicyclic) bond motifs is 5. The molecule has 0 saturated heterocycles. The van der Waals surface area contributed by atoms with Gasteiger partial charge in [0.2, 0.25) is 0 Å². The van der Waals surface area contributed by atoms with Gasteiger partial charge in [0, 0.05) is 11.5 Å². The van der Waals surface area contributed by atoms with Crippen LogP contribution in [-0.2, 0) is 14.3 Å². The van der Waals surface area contributed by atoms with Crippen LogP contribution < -0.4 is 0 Å². The fourth-order valence-corrected chi connectivity index (χ4v) is 8.46. The minimum Gasteiger partial charge on any atom is -0.380 e. The number of hydrogen-bond donors (Lipinski definition) is 0. The number of nitrogens with zero attached hydrogens (tertiary/aromatic N) is 1. The van der Waals surface area contributed by atoms with Crippen LogP contribution in [0.5, 0.6) is 0 Å². The average molecular weight is 464 g/mol. The van der Waals surface area contributed by atoms with Gasteiger partial charge in [-0.15, -0.1) is 0 Å². The molecule has 178 valence electrons. The van der Waals surface area contributed by atoms with E-state index in [9.17, 15) is 21.6 Å². The summed E-state index contributed by atoms with van der Waals surface area (Å²) in [6.07, 6.45) is 9.59. The predicted octanol–water partition coefficient (Wildman–Crippen LogP) is 5.71. The third kappa shape index (κ3) is 3.29. The lowest BCUT2D eigenvalue weighted by Crippen LogP contribution is -2.58. The van der Waals surface area contributed by atoms with Gasteiger partial charge in [-0.1, -0.05) is 20.8 Å². The zero-order chi connectivity index (χ0) is 23.0. The molecule has 0 bridgehead atoms. The van der Waals surface area contributed by atoms with E-state index in [4.69, 9.17) is 4.18 Å². The highest BCUT2D eigenvalue weighted by Crippen LogP contribution is 2.71. The summed E-state index contributed by atoms with van der Waals surface area (Å²) in [5.41, 5.74) is -6.12. The van der Waals surface area contributed by atoms with Crippen molar-refractivity contribution in [2.45, 2.75) is 83.7 Å². The smallest absolute Gasteiger partial charge is 0.380 e. The lowest BCUT2D eigenvalue weighted by molar-refractivity contribution is -0.150. The Balaban J connectivity index is 1.59. The summed E-state index contributed by atoms with van der Waals surface area (Å²) in [5.74, 6) is 1.58. The Morgan fingerprint density at radius 3 is 2.32 bits per heavy atom. The van der Waals surface area contributed by atoms with Crippen LogP contribution in [0.3, 0.4) is 0 Å². The van der Waals surface area contributed by atoms with E-state index in [1.54, 1.807) is 6.08 Å². The highest BCUT2D eigenvalue weighted by Gasteiger charge is 2.65. The number of halogens is 3. The Kier molecular flexibility index (Phi) is 5.37. The van der Waals surface area contributed by atoms with Gasteiger partial charge in [-0.25, -0.2) is 0 Å². The van der Waals surface area contributed by atoms with E-state index < -0.39 is 21.0 Å². The summed E-state index contributed by atoms with van der Waals surface area (Å²) in [7, 11) is -1.33. The summed E-state index contributed by atoms with van der Waals surface area (Å²) in [6, 6.07) is 0.625. The topological polar surface area (TPSA) is 46.6 Å². The fourth-order valence-electron chi connectivity index (χ4n) is 7.88. The van der Waals surface area contributed by atoms with Gasteiger partial charge in [0.1, 0.15) is 5.76 Å². The molecule has 4 aliphatic carbocycles. The molecule has 7 atom stereocenters. The highest BCUT2D eigenvalue weighted by atomic mass is 32.2. The molecule has 0 aliphatic heterocycles. The third-order valence-electron chi connectivity index (χ3n) is 10.2. The highest BCUT2D eigenvalue weighted by molar-refractivity contribution is 7.87. The van der Waals surface area contributed by atoms with Gasteiger partial charge in [-0.3, -0.25) is 0 Å². The van der Waals surface area contributed by atoms with E-state index in [1.807, 2.05) is 6.92 Å². The molecule has 0 spiro atoms. The first-order valence-electron chi connectivity index (χ1n) is 11.5. The van der Waals surface area contributed by atoms with Crippen molar-refractivity contribution < 1.29 is 25.8 Å². The maximum absolute atomic E-state index is 13.0. The zero-order valence-electron chi connectivity index (χ0n) is 19.3. The van der Waals surface area contributed by atoms with E-state index in [2.05, 4.69) is 32.8 Å². The van der Waals surface area contributed by atoms with Crippen molar-refractivity contribution in [2.75, 3.05) is 14.1 Å². The minimum atomic E-state index is -5.64. The molecule has 4 nitrogen and oxygen atoms in total. The van der Waals surface area contributed by atoms with Crippen molar-refractivity contribution in [1.29, 1.82) is 0 Å². The van der Waals surface area contributed by atoms with Gasteiger partial charge < -0.3 is 9.08 Å². The molecule has 8 heteroatoms. The first kappa shape index (κ1) is 23.4. The molecule has 3 saturated carbocycles. The van der Waals surface area contributed by atoms with Crippen LogP contribution in [0.4, 0.5) is 13.2 Å². The first-order valence-corrected chi connectivity index (χ1v) is 12.9. The largest absolute Gasteiger partial charge is 0.534 e.